The number of ether oxygens (including phenoxy) is 4. The van der Waals surface area contributed by atoms with Crippen molar-refractivity contribution >= 4 is 11.6 Å². The van der Waals surface area contributed by atoms with E-state index >= 15 is 0 Å². The minimum Gasteiger partial charge on any atom is -0.393 e. The minimum atomic E-state index is -4.09. The summed E-state index contributed by atoms with van der Waals surface area (Å²) in [6, 6.07) is 0. The second-order valence-corrected chi connectivity index (χ2v) is 24.1. The molecule has 0 aromatic rings. The highest BCUT2D eigenvalue weighted by atomic mass is 19.4. The van der Waals surface area contributed by atoms with E-state index in [-0.39, 0.29) is 44.0 Å². The van der Waals surface area contributed by atoms with Gasteiger partial charge < -0.3 is 29.2 Å². The maximum Gasteiger partial charge on any atom is 0.394 e. The summed E-state index contributed by atoms with van der Waals surface area (Å²) < 4.78 is 72.7. The number of aliphatic hydroxyl groups excluding tert-OH is 1. The van der Waals surface area contributed by atoms with Gasteiger partial charge in [0.1, 0.15) is 17.2 Å². The highest BCUT2D eigenvalue weighted by Crippen LogP contribution is 2.51. The van der Waals surface area contributed by atoms with Gasteiger partial charge in [0.05, 0.1) is 23.2 Å². The molecule has 3 saturated carbocycles. The van der Waals surface area contributed by atoms with Gasteiger partial charge in [0.15, 0.2) is 0 Å². The van der Waals surface area contributed by atoms with Crippen molar-refractivity contribution < 1.29 is 56.3 Å². The van der Waals surface area contributed by atoms with Crippen molar-refractivity contribution in [3.63, 3.8) is 0 Å². The molecule has 7 fully saturated rings. The Morgan fingerprint density at radius 3 is 1.23 bits per heavy atom. The van der Waals surface area contributed by atoms with E-state index in [2.05, 4.69) is 69.2 Å². The fraction of sp³-hybridized carbons (Fsp3) is 0.966. The molecule has 0 radical (unpaired) electrons. The third kappa shape index (κ3) is 24.9. The van der Waals surface area contributed by atoms with Crippen molar-refractivity contribution in [3.05, 3.63) is 0 Å². The Morgan fingerprint density at radius 1 is 0.514 bits per heavy atom. The highest BCUT2D eigenvalue weighted by Gasteiger charge is 2.56. The van der Waals surface area contributed by atoms with Crippen LogP contribution in [-0.2, 0) is 28.5 Å². The van der Waals surface area contributed by atoms with Crippen LogP contribution in [-0.4, -0.2) is 97.7 Å². The number of hydrogen-bond donors (Lipinski definition) is 2. The summed E-state index contributed by atoms with van der Waals surface area (Å²) in [4.78, 5) is 21.6. The van der Waals surface area contributed by atoms with Gasteiger partial charge in [-0.3, -0.25) is 9.59 Å². The normalized spacial score (nSPS) is 26.7. The molecule has 416 valence electrons. The fourth-order valence-corrected chi connectivity index (χ4v) is 10.4. The van der Waals surface area contributed by atoms with Crippen LogP contribution in [0.5, 0.6) is 0 Å². The molecule has 4 aliphatic heterocycles. The lowest BCUT2D eigenvalue weighted by Gasteiger charge is -2.41. The molecule has 0 spiro atoms. The van der Waals surface area contributed by atoms with E-state index in [4.69, 9.17) is 24.1 Å². The van der Waals surface area contributed by atoms with Crippen LogP contribution in [0.1, 0.15) is 219 Å². The molecular formula is C58H108F4O8. The predicted molar refractivity (Wildman–Crippen MR) is 278 cm³/mol. The van der Waals surface area contributed by atoms with E-state index in [0.29, 0.717) is 80.6 Å². The lowest BCUT2D eigenvalue weighted by molar-refractivity contribution is -0.261. The summed E-state index contributed by atoms with van der Waals surface area (Å²) in [7, 11) is 0. The van der Waals surface area contributed by atoms with Crippen LogP contribution in [0, 0.1) is 64.6 Å². The SMILES string of the molecule is CC(C)C1(C(F)(F)F)CCOCC1.CC(C)C1(F)CCOCC1.CC(C)C1(O)CCOCC1.CC(C)C1CCC(=O)C1.CC(C)C1CCC(=O)CC1.CC(C)C1CCC(O)C1.CC(C)C1CCCCO1. The van der Waals surface area contributed by atoms with Crippen molar-refractivity contribution in [3.8, 4) is 0 Å². The average Bonchev–Trinajstić information content (AvgIpc) is 3.97. The predicted octanol–water partition coefficient (Wildman–Crippen LogP) is 14.8. The Balaban J connectivity index is 0.000000410. The molecule has 7 rings (SSSR count). The number of alkyl halides is 4. The first kappa shape index (κ1) is 66.8. The van der Waals surface area contributed by atoms with Crippen LogP contribution in [0.4, 0.5) is 17.6 Å². The molecule has 4 unspecified atom stereocenters. The van der Waals surface area contributed by atoms with Gasteiger partial charge in [-0.2, -0.15) is 13.2 Å². The van der Waals surface area contributed by atoms with Gasteiger partial charge >= 0.3 is 6.18 Å². The van der Waals surface area contributed by atoms with Gasteiger partial charge in [-0.15, -0.1) is 0 Å². The molecule has 8 nitrogen and oxygen atoms in total. The van der Waals surface area contributed by atoms with Crippen molar-refractivity contribution in [1.82, 2.24) is 0 Å². The Kier molecular flexibility index (Phi) is 32.2. The maximum atomic E-state index is 13.6. The van der Waals surface area contributed by atoms with E-state index in [1.54, 1.807) is 13.8 Å². The molecule has 4 atom stereocenters. The zero-order chi connectivity index (χ0) is 53.3. The lowest BCUT2D eigenvalue weighted by Crippen LogP contribution is -2.46. The van der Waals surface area contributed by atoms with Gasteiger partial charge in [-0.05, 0) is 143 Å². The highest BCUT2D eigenvalue weighted by molar-refractivity contribution is 5.80. The average molecular weight is 1010 g/mol. The Labute approximate surface area is 426 Å². The number of Topliss-reactive ketones (excluding diaryl/α,β-unsaturated/α-hetero) is 2. The molecule has 70 heavy (non-hydrogen) atoms. The zero-order valence-electron chi connectivity index (χ0n) is 47.2. The topological polar surface area (TPSA) is 112 Å². The maximum absolute atomic E-state index is 13.6. The summed E-state index contributed by atoms with van der Waals surface area (Å²) in [6.07, 6.45) is 13.4. The molecule has 0 amide bonds. The molecular weight excluding hydrogens is 901 g/mol. The fourth-order valence-electron chi connectivity index (χ4n) is 10.4. The Bertz CT molecular complexity index is 1310. The number of ketones is 2. The molecule has 3 aliphatic carbocycles. The molecule has 4 saturated heterocycles. The van der Waals surface area contributed by atoms with Crippen molar-refractivity contribution in [2.75, 3.05) is 46.2 Å². The summed E-state index contributed by atoms with van der Waals surface area (Å²) in [5.41, 5.74) is -2.90. The number of hydrogen-bond acceptors (Lipinski definition) is 8. The van der Waals surface area contributed by atoms with Crippen LogP contribution < -0.4 is 0 Å². The first-order chi connectivity index (χ1) is 32.6. The third-order valence-electron chi connectivity index (χ3n) is 17.0. The van der Waals surface area contributed by atoms with Crippen molar-refractivity contribution in [1.29, 1.82) is 0 Å². The van der Waals surface area contributed by atoms with Gasteiger partial charge in [0.25, 0.3) is 0 Å². The summed E-state index contributed by atoms with van der Waals surface area (Å²) in [5.74, 6) is 6.32. The van der Waals surface area contributed by atoms with Gasteiger partial charge in [-0.1, -0.05) is 96.9 Å². The molecule has 7 aliphatic rings. The standard InChI is InChI=1S/C9H15F3O.C9H16O.C8H15FO.C8H16O2.C8H16O.C8H14O.C8H16O/c1-7(2)8(9(10,11)12)3-5-13-6-4-8;1-7(2)8-3-5-9(10)6-4-8;2*1-7(2)8(9)3-5-10-6-4-8;2*1-6(2)7-3-4-8(9)5-7;1-7(2)8-5-3-4-6-9-8/h7H,3-6H2,1-2H3;7-8H,3-6H2,1-2H3;7H,3-6H2,1-2H3;7,9H,3-6H2,1-2H3;6-9H,3-5H2,1-2H3;6-7H,3-5H2,1-2H3;7-8H,3-6H2,1-2H3. The largest absolute Gasteiger partial charge is 0.394 e. The molecule has 2 N–H and O–H groups in total. The van der Waals surface area contributed by atoms with E-state index in [1.807, 2.05) is 13.8 Å². The van der Waals surface area contributed by atoms with Gasteiger partial charge in [0.2, 0.25) is 0 Å². The Morgan fingerprint density at radius 2 is 0.971 bits per heavy atom. The van der Waals surface area contributed by atoms with Crippen LogP contribution in [0.15, 0.2) is 0 Å². The summed E-state index contributed by atoms with van der Waals surface area (Å²) in [6.45, 7) is 33.2. The monoisotopic (exact) mass is 1010 g/mol. The minimum absolute atomic E-state index is 0.0115. The number of halogens is 4. The Hall–Kier alpha value is -1.18. The van der Waals surface area contributed by atoms with Crippen LogP contribution in [0.25, 0.3) is 0 Å². The summed E-state index contributed by atoms with van der Waals surface area (Å²) in [5, 5.41) is 19.0. The van der Waals surface area contributed by atoms with E-state index in [0.717, 1.165) is 101 Å². The van der Waals surface area contributed by atoms with E-state index in [9.17, 15) is 32.3 Å². The van der Waals surface area contributed by atoms with E-state index in [1.165, 1.54) is 25.7 Å². The molecule has 0 bridgehead atoms. The lowest BCUT2D eigenvalue weighted by atomic mass is 9.71. The summed E-state index contributed by atoms with van der Waals surface area (Å²) >= 11 is 0. The smallest absolute Gasteiger partial charge is 0.393 e. The number of aliphatic hydroxyl groups is 2. The zero-order valence-corrected chi connectivity index (χ0v) is 47.2. The van der Waals surface area contributed by atoms with Gasteiger partial charge in [-0.25, -0.2) is 4.39 Å². The van der Waals surface area contributed by atoms with Gasteiger partial charge in [0, 0.05) is 84.8 Å². The quantitative estimate of drug-likeness (QED) is 0.243. The van der Waals surface area contributed by atoms with Crippen molar-refractivity contribution in [2.45, 2.75) is 249 Å². The molecule has 0 aromatic carbocycles. The second-order valence-electron chi connectivity index (χ2n) is 24.1. The second kappa shape index (κ2) is 33.7. The van der Waals surface area contributed by atoms with Crippen LogP contribution in [0.2, 0.25) is 0 Å². The molecule has 12 heteroatoms. The number of carbonyl (C=O) groups excluding carboxylic acids is 2. The van der Waals surface area contributed by atoms with Crippen LogP contribution >= 0.6 is 0 Å². The number of carbonyl (C=O) groups is 2. The van der Waals surface area contributed by atoms with E-state index < -0.39 is 22.9 Å². The number of rotatable bonds is 7. The molecule has 4 heterocycles. The first-order valence-corrected chi connectivity index (χ1v) is 28.1. The van der Waals surface area contributed by atoms with Crippen LogP contribution in [0.3, 0.4) is 0 Å². The first-order valence-electron chi connectivity index (χ1n) is 28.1. The third-order valence-corrected chi connectivity index (χ3v) is 17.0. The molecule has 0 aromatic heterocycles. The van der Waals surface area contributed by atoms with Crippen molar-refractivity contribution in [2.24, 2.45) is 64.6 Å².